The molecule has 15 heavy (non-hydrogen) atoms. The minimum atomic E-state index is 0. The molecule has 0 radical (unpaired) electrons. The first kappa shape index (κ1) is 14.6. The normalized spacial score (nSPS) is 12.6. The number of aliphatic hydroxyl groups is 1. The highest BCUT2D eigenvalue weighted by Crippen LogP contribution is 2.15. The molecule has 0 aromatic carbocycles. The van der Waals surface area contributed by atoms with Crippen molar-refractivity contribution in [2.75, 3.05) is 6.61 Å². The maximum atomic E-state index is 9.28. The number of aromatic nitrogens is 2. The van der Waals surface area contributed by atoms with Crippen molar-refractivity contribution in [3.63, 3.8) is 0 Å². The van der Waals surface area contributed by atoms with Crippen molar-refractivity contribution in [3.05, 3.63) is 18.7 Å². The number of nitrogens with zero attached hydrogens (tertiary/aromatic N) is 2. The van der Waals surface area contributed by atoms with E-state index in [4.69, 9.17) is 0 Å². The van der Waals surface area contributed by atoms with Crippen LogP contribution in [0.1, 0.15) is 33.2 Å². The summed E-state index contributed by atoms with van der Waals surface area (Å²) >= 11 is 0. The van der Waals surface area contributed by atoms with Gasteiger partial charge in [0.05, 0.1) is 13.2 Å². The topological polar surface area (TPSA) is 29.0 Å². The highest BCUT2D eigenvalue weighted by atomic mass is 79.9. The first-order valence-corrected chi connectivity index (χ1v) is 5.34. The van der Waals surface area contributed by atoms with E-state index in [1.54, 1.807) is 0 Å². The predicted molar refractivity (Wildman–Crippen MR) is 55.9 cm³/mol. The zero-order chi connectivity index (χ0) is 10.6. The molecule has 1 rings (SSSR count). The highest BCUT2D eigenvalue weighted by molar-refractivity contribution is 4.75. The van der Waals surface area contributed by atoms with Crippen LogP contribution in [0, 0.1) is 5.92 Å². The summed E-state index contributed by atoms with van der Waals surface area (Å²) in [6, 6.07) is 0.225. The fraction of sp³-hybridized carbons (Fsp3) is 0.727. The molecule has 0 spiro atoms. The predicted octanol–water partition coefficient (Wildman–Crippen LogP) is -1.62. The summed E-state index contributed by atoms with van der Waals surface area (Å²) in [6.07, 6.45) is 7.16. The summed E-state index contributed by atoms with van der Waals surface area (Å²) in [7, 11) is 0. The molecular weight excluding hydrogens is 256 g/mol. The number of hydrogen-bond acceptors (Lipinski definition) is 1. The lowest BCUT2D eigenvalue weighted by molar-refractivity contribution is -0.693. The molecule has 1 atom stereocenters. The average Bonchev–Trinajstić information content (AvgIpc) is 2.62. The van der Waals surface area contributed by atoms with Crippen molar-refractivity contribution < 1.29 is 26.7 Å². The molecular formula is C11H21BrN2O. The lowest BCUT2D eigenvalue weighted by atomic mass is 10.0. The molecule has 3 nitrogen and oxygen atoms in total. The lowest BCUT2D eigenvalue weighted by Gasteiger charge is -2.12. The Morgan fingerprint density at radius 3 is 2.47 bits per heavy atom. The van der Waals surface area contributed by atoms with Crippen LogP contribution in [-0.4, -0.2) is 16.3 Å². The average molecular weight is 277 g/mol. The third kappa shape index (κ3) is 4.34. The smallest absolute Gasteiger partial charge is 0.244 e. The van der Waals surface area contributed by atoms with E-state index in [-0.39, 0.29) is 29.6 Å². The SMILES string of the molecule is CC[n+]1ccn([C@@H](CO)CC(C)C)c1.[Br-]. The molecule has 0 amide bonds. The molecule has 1 aromatic heterocycles. The molecule has 4 heteroatoms. The van der Waals surface area contributed by atoms with Crippen LogP contribution in [0.15, 0.2) is 18.7 Å². The van der Waals surface area contributed by atoms with Gasteiger partial charge in [0, 0.05) is 0 Å². The van der Waals surface area contributed by atoms with Crippen molar-refractivity contribution in [2.24, 2.45) is 5.92 Å². The van der Waals surface area contributed by atoms with Crippen LogP contribution in [0.3, 0.4) is 0 Å². The lowest BCUT2D eigenvalue weighted by Crippen LogP contribution is -3.00. The number of rotatable bonds is 5. The first-order chi connectivity index (χ1) is 6.67. The van der Waals surface area contributed by atoms with Crippen LogP contribution in [0.5, 0.6) is 0 Å². The summed E-state index contributed by atoms with van der Waals surface area (Å²) in [4.78, 5) is 0. The Morgan fingerprint density at radius 2 is 2.07 bits per heavy atom. The van der Waals surface area contributed by atoms with Gasteiger partial charge in [-0.25, -0.2) is 9.13 Å². The van der Waals surface area contributed by atoms with E-state index in [1.165, 1.54) is 0 Å². The van der Waals surface area contributed by atoms with Gasteiger partial charge in [-0.15, -0.1) is 0 Å². The van der Waals surface area contributed by atoms with Gasteiger partial charge in [-0.3, -0.25) is 0 Å². The van der Waals surface area contributed by atoms with Crippen molar-refractivity contribution in [3.8, 4) is 0 Å². The van der Waals surface area contributed by atoms with E-state index in [0.29, 0.717) is 5.92 Å². The van der Waals surface area contributed by atoms with Gasteiger partial charge in [0.2, 0.25) is 6.33 Å². The minimum absolute atomic E-state index is 0. The number of aryl methyl sites for hydroxylation is 1. The Hall–Kier alpha value is -0.350. The second-order valence-corrected chi connectivity index (χ2v) is 4.16. The van der Waals surface area contributed by atoms with E-state index in [9.17, 15) is 5.11 Å². The molecule has 1 heterocycles. The van der Waals surface area contributed by atoms with Crippen LogP contribution in [0.2, 0.25) is 0 Å². The van der Waals surface area contributed by atoms with E-state index in [2.05, 4.69) is 36.2 Å². The third-order valence-corrected chi connectivity index (χ3v) is 2.45. The zero-order valence-corrected chi connectivity index (χ0v) is 11.3. The Labute approximate surface area is 103 Å². The van der Waals surface area contributed by atoms with Crippen molar-refractivity contribution in [2.45, 2.75) is 39.8 Å². The van der Waals surface area contributed by atoms with E-state index < -0.39 is 0 Å². The largest absolute Gasteiger partial charge is 1.00 e. The quantitative estimate of drug-likeness (QED) is 0.644. The summed E-state index contributed by atoms with van der Waals surface area (Å²) in [5.41, 5.74) is 0. The number of halogens is 1. The molecule has 0 bridgehead atoms. The molecule has 0 aliphatic carbocycles. The molecule has 0 aliphatic heterocycles. The van der Waals surface area contributed by atoms with Gasteiger partial charge in [-0.05, 0) is 19.3 Å². The number of imidazole rings is 1. The maximum Gasteiger partial charge on any atom is 0.244 e. The first-order valence-electron chi connectivity index (χ1n) is 5.34. The van der Waals surface area contributed by atoms with Gasteiger partial charge < -0.3 is 22.1 Å². The Morgan fingerprint density at radius 1 is 1.40 bits per heavy atom. The second kappa shape index (κ2) is 7.01. The minimum Gasteiger partial charge on any atom is -1.00 e. The second-order valence-electron chi connectivity index (χ2n) is 4.16. The van der Waals surface area contributed by atoms with E-state index in [0.717, 1.165) is 13.0 Å². The van der Waals surface area contributed by atoms with Crippen molar-refractivity contribution >= 4 is 0 Å². The molecule has 0 unspecified atom stereocenters. The van der Waals surface area contributed by atoms with Gasteiger partial charge in [0.15, 0.2) is 0 Å². The fourth-order valence-electron chi connectivity index (χ4n) is 1.65. The van der Waals surface area contributed by atoms with Gasteiger partial charge in [0.1, 0.15) is 18.4 Å². The molecule has 0 aliphatic rings. The van der Waals surface area contributed by atoms with Crippen LogP contribution in [0.25, 0.3) is 0 Å². The Bertz CT molecular complexity index is 273. The molecule has 0 saturated heterocycles. The molecule has 88 valence electrons. The van der Waals surface area contributed by atoms with Crippen LogP contribution in [0.4, 0.5) is 0 Å². The van der Waals surface area contributed by atoms with Gasteiger partial charge in [0.25, 0.3) is 0 Å². The third-order valence-electron chi connectivity index (χ3n) is 2.45. The molecule has 0 fully saturated rings. The monoisotopic (exact) mass is 276 g/mol. The van der Waals surface area contributed by atoms with Crippen molar-refractivity contribution in [1.82, 2.24) is 4.57 Å². The summed E-state index contributed by atoms with van der Waals surface area (Å²) in [6.45, 7) is 7.67. The number of hydrogen-bond donors (Lipinski definition) is 1. The molecule has 1 aromatic rings. The van der Waals surface area contributed by atoms with Gasteiger partial charge >= 0.3 is 0 Å². The van der Waals surface area contributed by atoms with Crippen LogP contribution in [-0.2, 0) is 6.54 Å². The fourth-order valence-corrected chi connectivity index (χ4v) is 1.65. The Kier molecular flexibility index (Phi) is 6.85. The van der Waals surface area contributed by atoms with Crippen molar-refractivity contribution in [1.29, 1.82) is 0 Å². The highest BCUT2D eigenvalue weighted by Gasteiger charge is 2.16. The summed E-state index contributed by atoms with van der Waals surface area (Å²) < 4.78 is 4.21. The van der Waals surface area contributed by atoms with E-state index >= 15 is 0 Å². The van der Waals surface area contributed by atoms with Gasteiger partial charge in [-0.1, -0.05) is 13.8 Å². The standard InChI is InChI=1S/C11H21N2O.BrH/c1-4-12-5-6-13(9-12)11(8-14)7-10(2)3;/h5-6,9-11,14H,4,7-8H2,1-3H3;1H/q+1;/p-1/t11-;/m1./s1. The van der Waals surface area contributed by atoms with Crippen LogP contribution >= 0.6 is 0 Å². The maximum absolute atomic E-state index is 9.28. The summed E-state index contributed by atoms with van der Waals surface area (Å²) in [5.74, 6) is 0.615. The summed E-state index contributed by atoms with van der Waals surface area (Å²) in [5, 5.41) is 9.28. The van der Waals surface area contributed by atoms with E-state index in [1.807, 2.05) is 12.4 Å². The Balaban J connectivity index is 0.00000196. The molecule has 0 saturated carbocycles. The number of aliphatic hydroxyl groups excluding tert-OH is 1. The van der Waals surface area contributed by atoms with Gasteiger partial charge in [-0.2, -0.15) is 0 Å². The molecule has 1 N–H and O–H groups in total. The zero-order valence-electron chi connectivity index (χ0n) is 9.73. The van der Waals surface area contributed by atoms with Crippen LogP contribution < -0.4 is 21.5 Å².